The van der Waals surface area contributed by atoms with Crippen LogP contribution in [0.3, 0.4) is 0 Å². The van der Waals surface area contributed by atoms with Gasteiger partial charge in [0, 0.05) is 17.3 Å². The van der Waals surface area contributed by atoms with Crippen LogP contribution in [0.2, 0.25) is 0 Å². The van der Waals surface area contributed by atoms with E-state index in [1.54, 1.807) is 35.4 Å². The summed E-state index contributed by atoms with van der Waals surface area (Å²) in [5.41, 5.74) is 2.43. The van der Waals surface area contributed by atoms with Crippen molar-refractivity contribution in [3.8, 4) is 0 Å². The summed E-state index contributed by atoms with van der Waals surface area (Å²) in [6.45, 7) is 0.476. The van der Waals surface area contributed by atoms with Gasteiger partial charge in [-0.05, 0) is 53.6 Å². The predicted molar refractivity (Wildman–Crippen MR) is 135 cm³/mol. The molecular weight excluding hydrogens is 441 g/mol. The largest absolute Gasteiger partial charge is 0.304 e. The van der Waals surface area contributed by atoms with E-state index in [-0.39, 0.29) is 17.9 Å². The van der Waals surface area contributed by atoms with E-state index in [0.717, 1.165) is 11.1 Å². The first-order valence-corrected chi connectivity index (χ1v) is 11.2. The molecule has 0 N–H and O–H groups in total. The van der Waals surface area contributed by atoms with Crippen molar-refractivity contribution in [2.24, 2.45) is 0 Å². The summed E-state index contributed by atoms with van der Waals surface area (Å²) < 4.78 is 14.9. The highest BCUT2D eigenvalue weighted by Gasteiger charge is 2.23. The van der Waals surface area contributed by atoms with Gasteiger partial charge in [-0.15, -0.1) is 0 Å². The molecule has 0 atom stereocenters. The maximum absolute atomic E-state index is 13.9. The summed E-state index contributed by atoms with van der Waals surface area (Å²) in [6.07, 6.45) is 1.61. The molecule has 0 aliphatic carbocycles. The molecule has 0 spiro atoms. The van der Waals surface area contributed by atoms with Gasteiger partial charge in [-0.3, -0.25) is 14.2 Å². The number of fused-ring (bicyclic) bond motifs is 1. The quantitative estimate of drug-likeness (QED) is 0.337. The fourth-order valence-corrected chi connectivity index (χ4v) is 4.08. The van der Waals surface area contributed by atoms with E-state index in [2.05, 4.69) is 4.98 Å². The van der Waals surface area contributed by atoms with Crippen LogP contribution in [-0.2, 0) is 13.1 Å². The van der Waals surface area contributed by atoms with Crippen molar-refractivity contribution in [2.45, 2.75) is 13.1 Å². The Morgan fingerprint density at radius 1 is 0.829 bits per heavy atom. The summed E-state index contributed by atoms with van der Waals surface area (Å²) >= 11 is 0. The van der Waals surface area contributed by atoms with Gasteiger partial charge in [-0.2, -0.15) is 0 Å². The Bertz CT molecular complexity index is 1530. The number of benzene rings is 3. The van der Waals surface area contributed by atoms with Crippen LogP contribution in [0.25, 0.3) is 11.0 Å². The summed E-state index contributed by atoms with van der Waals surface area (Å²) in [5.74, 6) is -0.754. The topological polar surface area (TPSA) is 55.2 Å². The van der Waals surface area contributed by atoms with Crippen molar-refractivity contribution in [1.29, 1.82) is 0 Å². The molecule has 2 aromatic heterocycles. The molecule has 0 radical (unpaired) electrons. The maximum atomic E-state index is 13.9. The van der Waals surface area contributed by atoms with Crippen molar-refractivity contribution in [2.75, 3.05) is 4.90 Å². The first-order chi connectivity index (χ1) is 17.1. The Morgan fingerprint density at radius 3 is 2.23 bits per heavy atom. The number of hydrogen-bond donors (Lipinski definition) is 0. The molecule has 0 saturated carbocycles. The molecule has 0 saturated heterocycles. The van der Waals surface area contributed by atoms with E-state index < -0.39 is 11.5 Å². The van der Waals surface area contributed by atoms with E-state index in [9.17, 15) is 14.0 Å². The summed E-state index contributed by atoms with van der Waals surface area (Å²) in [5, 5.41) is 0.672. The van der Waals surface area contributed by atoms with Crippen molar-refractivity contribution in [3.63, 3.8) is 0 Å². The normalized spacial score (nSPS) is 10.9. The van der Waals surface area contributed by atoms with Gasteiger partial charge < -0.3 is 4.90 Å². The van der Waals surface area contributed by atoms with Crippen LogP contribution in [-0.4, -0.2) is 15.5 Å². The number of pyridine rings is 2. The molecule has 0 bridgehead atoms. The summed E-state index contributed by atoms with van der Waals surface area (Å²) in [7, 11) is 0. The lowest BCUT2D eigenvalue weighted by atomic mass is 10.1. The molecule has 172 valence electrons. The molecular formula is C29H22FN3O2. The molecule has 1 amide bonds. The molecule has 2 heterocycles. The average Bonchev–Trinajstić information content (AvgIpc) is 2.90. The van der Waals surface area contributed by atoms with E-state index in [1.807, 2.05) is 66.7 Å². The van der Waals surface area contributed by atoms with Gasteiger partial charge in [0.1, 0.15) is 17.0 Å². The van der Waals surface area contributed by atoms with Crippen molar-refractivity contribution >= 4 is 22.6 Å². The lowest BCUT2D eigenvalue weighted by Gasteiger charge is -2.23. The lowest BCUT2D eigenvalue weighted by Crippen LogP contribution is -2.37. The van der Waals surface area contributed by atoms with Gasteiger partial charge >= 0.3 is 0 Å². The van der Waals surface area contributed by atoms with Gasteiger partial charge in [0.25, 0.3) is 11.5 Å². The van der Waals surface area contributed by atoms with Crippen molar-refractivity contribution in [3.05, 3.63) is 142 Å². The predicted octanol–water partition coefficient (Wildman–Crippen LogP) is 5.43. The number of para-hydroxylation sites is 1. The molecule has 5 nitrogen and oxygen atoms in total. The van der Waals surface area contributed by atoms with E-state index in [4.69, 9.17) is 0 Å². The van der Waals surface area contributed by atoms with Crippen molar-refractivity contribution in [1.82, 2.24) is 9.55 Å². The zero-order valence-electron chi connectivity index (χ0n) is 18.8. The molecule has 0 unspecified atom stereocenters. The van der Waals surface area contributed by atoms with Crippen LogP contribution < -0.4 is 10.5 Å². The third-order valence-corrected chi connectivity index (χ3v) is 5.83. The van der Waals surface area contributed by atoms with E-state index in [1.165, 1.54) is 16.7 Å². The van der Waals surface area contributed by atoms with Gasteiger partial charge in [-0.25, -0.2) is 9.37 Å². The molecule has 35 heavy (non-hydrogen) atoms. The second kappa shape index (κ2) is 9.73. The number of carbonyl (C=O) groups is 1. The Hall–Kier alpha value is -4.58. The van der Waals surface area contributed by atoms with Crippen LogP contribution >= 0.6 is 0 Å². The minimum absolute atomic E-state index is 0.0485. The lowest BCUT2D eigenvalue weighted by molar-refractivity contribution is 0.0983. The van der Waals surface area contributed by atoms with Gasteiger partial charge in [-0.1, -0.05) is 60.7 Å². The Labute approximate surface area is 201 Å². The number of aromatic nitrogens is 2. The SMILES string of the molecule is O=C(c1cc2cccnc2n(Cc2ccc(F)cc2)c1=O)N(Cc1ccccc1)c1ccccc1. The van der Waals surface area contributed by atoms with Crippen LogP contribution in [0.4, 0.5) is 10.1 Å². The van der Waals surface area contributed by atoms with Gasteiger partial charge in [0.05, 0.1) is 13.1 Å². The number of amides is 1. The molecule has 0 aliphatic rings. The van der Waals surface area contributed by atoms with E-state index in [0.29, 0.717) is 23.3 Å². The summed E-state index contributed by atoms with van der Waals surface area (Å²) in [6, 6.07) is 30.1. The highest BCUT2D eigenvalue weighted by molar-refractivity contribution is 6.07. The monoisotopic (exact) mass is 463 g/mol. The second-order valence-corrected chi connectivity index (χ2v) is 8.20. The number of hydrogen-bond acceptors (Lipinski definition) is 3. The maximum Gasteiger partial charge on any atom is 0.265 e. The van der Waals surface area contributed by atoms with Crippen molar-refractivity contribution < 1.29 is 9.18 Å². The molecule has 0 fully saturated rings. The molecule has 5 aromatic rings. The highest BCUT2D eigenvalue weighted by Crippen LogP contribution is 2.21. The number of carbonyl (C=O) groups excluding carboxylic acids is 1. The fraction of sp³-hybridized carbons (Fsp3) is 0.0690. The number of rotatable bonds is 6. The number of anilines is 1. The second-order valence-electron chi connectivity index (χ2n) is 8.20. The third kappa shape index (κ3) is 4.73. The standard InChI is InChI=1S/C29H22FN3O2/c30-24-15-13-22(14-16-24)20-33-27-23(10-7-17-31-27)18-26(29(33)35)28(34)32(25-11-5-2-6-12-25)19-21-8-3-1-4-9-21/h1-18H,19-20H2. The van der Waals surface area contributed by atoms with Gasteiger partial charge in [0.2, 0.25) is 0 Å². The van der Waals surface area contributed by atoms with Crippen LogP contribution in [0.15, 0.2) is 114 Å². The average molecular weight is 464 g/mol. The van der Waals surface area contributed by atoms with E-state index >= 15 is 0 Å². The Kier molecular flexibility index (Phi) is 6.18. The minimum atomic E-state index is -0.445. The smallest absolute Gasteiger partial charge is 0.265 e. The molecule has 5 rings (SSSR count). The molecule has 6 heteroatoms. The Balaban J connectivity index is 1.63. The first-order valence-electron chi connectivity index (χ1n) is 11.2. The molecule has 3 aromatic carbocycles. The van der Waals surface area contributed by atoms with Crippen LogP contribution in [0.5, 0.6) is 0 Å². The first kappa shape index (κ1) is 22.2. The van der Waals surface area contributed by atoms with Crippen LogP contribution in [0.1, 0.15) is 21.5 Å². The third-order valence-electron chi connectivity index (χ3n) is 5.83. The zero-order chi connectivity index (χ0) is 24.2. The fourth-order valence-electron chi connectivity index (χ4n) is 4.08. The van der Waals surface area contributed by atoms with Gasteiger partial charge in [0.15, 0.2) is 0 Å². The minimum Gasteiger partial charge on any atom is -0.304 e. The highest BCUT2D eigenvalue weighted by atomic mass is 19.1. The van der Waals surface area contributed by atoms with Crippen LogP contribution in [0, 0.1) is 5.82 Å². The number of nitrogens with zero attached hydrogens (tertiary/aromatic N) is 3. The summed E-state index contributed by atoms with van der Waals surface area (Å²) in [4.78, 5) is 33.6. The Morgan fingerprint density at radius 2 is 1.51 bits per heavy atom. The molecule has 0 aliphatic heterocycles. The number of halogens is 1. The zero-order valence-corrected chi connectivity index (χ0v) is 18.8.